The molecule has 1 aromatic heterocycles. The van der Waals surface area contributed by atoms with Gasteiger partial charge in [-0.1, -0.05) is 6.07 Å². The second-order valence-electron chi connectivity index (χ2n) is 5.94. The second kappa shape index (κ2) is 7.38. The van der Waals surface area contributed by atoms with Crippen molar-refractivity contribution in [3.63, 3.8) is 0 Å². The molecule has 1 unspecified atom stereocenters. The summed E-state index contributed by atoms with van der Waals surface area (Å²) in [4.78, 5) is 15.0. The van der Waals surface area contributed by atoms with Crippen molar-refractivity contribution < 1.29 is 22.3 Å². The maximum absolute atomic E-state index is 13.4. The molecule has 0 radical (unpaired) electrons. The van der Waals surface area contributed by atoms with Crippen molar-refractivity contribution in [1.29, 1.82) is 0 Å². The van der Waals surface area contributed by atoms with Gasteiger partial charge in [-0.2, -0.15) is 4.31 Å². The summed E-state index contributed by atoms with van der Waals surface area (Å²) in [5.74, 6) is -0.884. The van der Waals surface area contributed by atoms with Gasteiger partial charge in [0.15, 0.2) is 0 Å². The monoisotopic (exact) mass is 379 g/mol. The van der Waals surface area contributed by atoms with E-state index in [1.54, 1.807) is 6.07 Å². The van der Waals surface area contributed by atoms with Crippen LogP contribution in [-0.2, 0) is 10.0 Å². The zero-order valence-electron chi connectivity index (χ0n) is 13.8. The molecule has 2 heterocycles. The van der Waals surface area contributed by atoms with Gasteiger partial charge in [-0.15, -0.1) is 0 Å². The minimum atomic E-state index is -3.80. The van der Waals surface area contributed by atoms with E-state index in [2.05, 4.69) is 4.98 Å². The fourth-order valence-electron chi connectivity index (χ4n) is 2.81. The van der Waals surface area contributed by atoms with Crippen molar-refractivity contribution in [2.24, 2.45) is 5.73 Å². The molecule has 1 fully saturated rings. The van der Waals surface area contributed by atoms with Gasteiger partial charge in [0, 0.05) is 18.8 Å². The van der Waals surface area contributed by atoms with E-state index < -0.39 is 27.9 Å². The number of piperidine rings is 1. The van der Waals surface area contributed by atoms with E-state index >= 15 is 0 Å². The second-order valence-corrected chi connectivity index (χ2v) is 7.88. The predicted molar refractivity (Wildman–Crippen MR) is 91.6 cm³/mol. The molecule has 0 spiro atoms. The molecule has 1 atom stereocenters. The van der Waals surface area contributed by atoms with Crippen LogP contribution in [0, 0.1) is 5.82 Å². The molecule has 1 aliphatic rings. The van der Waals surface area contributed by atoms with E-state index in [0.29, 0.717) is 25.1 Å². The molecule has 7 nitrogen and oxygen atoms in total. The number of pyridine rings is 1. The minimum Gasteiger partial charge on any atom is -0.489 e. The molecule has 1 saturated heterocycles. The molecule has 26 heavy (non-hydrogen) atoms. The number of nitrogens with zero attached hydrogens (tertiary/aromatic N) is 2. The third kappa shape index (κ3) is 4.00. The van der Waals surface area contributed by atoms with Crippen LogP contribution in [0.2, 0.25) is 0 Å². The van der Waals surface area contributed by atoms with Crippen LogP contribution in [-0.4, -0.2) is 42.8 Å². The number of aromatic nitrogens is 1. The van der Waals surface area contributed by atoms with Crippen LogP contribution >= 0.6 is 0 Å². The molecular weight excluding hydrogens is 361 g/mol. The number of carbonyl (C=O) groups is 1. The molecule has 1 aromatic carbocycles. The number of amides is 1. The van der Waals surface area contributed by atoms with Gasteiger partial charge in [0.05, 0.1) is 11.4 Å². The average molecular weight is 379 g/mol. The molecular formula is C17H18FN3O4S. The molecule has 1 aliphatic heterocycles. The molecule has 2 aromatic rings. The quantitative estimate of drug-likeness (QED) is 0.849. The van der Waals surface area contributed by atoms with Gasteiger partial charge >= 0.3 is 0 Å². The van der Waals surface area contributed by atoms with Crippen molar-refractivity contribution in [1.82, 2.24) is 9.29 Å². The Hall–Kier alpha value is -2.52. The predicted octanol–water partition coefficient (Wildman–Crippen LogP) is 1.55. The summed E-state index contributed by atoms with van der Waals surface area (Å²) in [6.45, 7) is 0.467. The molecule has 0 bridgehead atoms. The summed E-state index contributed by atoms with van der Waals surface area (Å²) in [7, 11) is -3.80. The van der Waals surface area contributed by atoms with E-state index in [4.69, 9.17) is 10.5 Å². The highest BCUT2D eigenvalue weighted by Crippen LogP contribution is 2.24. The van der Waals surface area contributed by atoms with Gasteiger partial charge in [0.2, 0.25) is 10.0 Å². The third-order valence-electron chi connectivity index (χ3n) is 4.06. The van der Waals surface area contributed by atoms with Crippen molar-refractivity contribution in [2.45, 2.75) is 23.8 Å². The molecule has 0 aliphatic carbocycles. The maximum atomic E-state index is 13.4. The Labute approximate surface area is 150 Å². The summed E-state index contributed by atoms with van der Waals surface area (Å²) >= 11 is 0. The van der Waals surface area contributed by atoms with E-state index in [0.717, 1.165) is 6.07 Å². The number of rotatable bonds is 5. The van der Waals surface area contributed by atoms with Crippen molar-refractivity contribution >= 4 is 15.9 Å². The van der Waals surface area contributed by atoms with Crippen LogP contribution in [0.5, 0.6) is 5.75 Å². The van der Waals surface area contributed by atoms with Crippen LogP contribution < -0.4 is 10.5 Å². The van der Waals surface area contributed by atoms with Crippen molar-refractivity contribution in [2.75, 3.05) is 13.1 Å². The fraction of sp³-hybridized carbons (Fsp3) is 0.294. The first-order valence-electron chi connectivity index (χ1n) is 8.04. The molecule has 138 valence electrons. The summed E-state index contributed by atoms with van der Waals surface area (Å²) < 4.78 is 45.9. The average Bonchev–Trinajstić information content (AvgIpc) is 2.62. The number of primary amides is 1. The molecule has 3 rings (SSSR count). The number of hydrogen-bond acceptors (Lipinski definition) is 5. The Bertz CT molecular complexity index is 920. The highest BCUT2D eigenvalue weighted by molar-refractivity contribution is 7.89. The lowest BCUT2D eigenvalue weighted by Crippen LogP contribution is -2.44. The highest BCUT2D eigenvalue weighted by Gasteiger charge is 2.31. The summed E-state index contributed by atoms with van der Waals surface area (Å²) in [6, 6.07) is 7.92. The summed E-state index contributed by atoms with van der Waals surface area (Å²) in [5, 5.41) is 0. The Morgan fingerprint density at radius 3 is 2.85 bits per heavy atom. The SMILES string of the molecule is NC(=O)c1cc(OC2CCCN(S(=O)(=O)c3cccc(F)c3)C2)ccn1. The Kier molecular flexibility index (Phi) is 5.19. The number of halogens is 1. The van der Waals surface area contributed by atoms with Gasteiger partial charge in [0.1, 0.15) is 23.4 Å². The Morgan fingerprint density at radius 2 is 2.12 bits per heavy atom. The van der Waals surface area contributed by atoms with E-state index in [9.17, 15) is 17.6 Å². The fourth-order valence-corrected chi connectivity index (χ4v) is 4.35. The van der Waals surface area contributed by atoms with Crippen LogP contribution in [0.25, 0.3) is 0 Å². The van der Waals surface area contributed by atoms with Crippen LogP contribution in [0.1, 0.15) is 23.3 Å². The van der Waals surface area contributed by atoms with Crippen LogP contribution in [0.3, 0.4) is 0 Å². The smallest absolute Gasteiger partial charge is 0.267 e. The molecule has 9 heteroatoms. The first-order valence-corrected chi connectivity index (χ1v) is 9.48. The third-order valence-corrected chi connectivity index (χ3v) is 5.92. The van der Waals surface area contributed by atoms with Gasteiger partial charge in [-0.3, -0.25) is 9.78 Å². The number of benzene rings is 1. The van der Waals surface area contributed by atoms with Crippen molar-refractivity contribution in [3.05, 3.63) is 54.1 Å². The van der Waals surface area contributed by atoms with Crippen LogP contribution in [0.15, 0.2) is 47.5 Å². The molecule has 2 N–H and O–H groups in total. The molecule has 1 amide bonds. The number of carbonyl (C=O) groups excluding carboxylic acids is 1. The van der Waals surface area contributed by atoms with Gasteiger partial charge in [-0.25, -0.2) is 12.8 Å². The number of hydrogen-bond donors (Lipinski definition) is 1. The first-order chi connectivity index (χ1) is 12.4. The summed E-state index contributed by atoms with van der Waals surface area (Å²) in [6.07, 6.45) is 2.27. The lowest BCUT2D eigenvalue weighted by molar-refractivity contribution is 0.0993. The van der Waals surface area contributed by atoms with Gasteiger partial charge < -0.3 is 10.5 Å². The number of ether oxygens (including phenoxy) is 1. The Balaban J connectivity index is 1.75. The zero-order chi connectivity index (χ0) is 18.7. The largest absolute Gasteiger partial charge is 0.489 e. The number of sulfonamides is 1. The lowest BCUT2D eigenvalue weighted by atomic mass is 10.1. The van der Waals surface area contributed by atoms with E-state index in [1.165, 1.54) is 34.8 Å². The Morgan fingerprint density at radius 1 is 1.31 bits per heavy atom. The number of nitrogens with two attached hydrogens (primary N) is 1. The standard InChI is InChI=1S/C17H18FN3O4S/c18-12-3-1-5-15(9-12)26(23,24)21-8-2-4-14(11-21)25-13-6-7-20-16(10-13)17(19)22/h1,3,5-7,9-10,14H,2,4,8,11H2,(H2,19,22). The maximum Gasteiger partial charge on any atom is 0.267 e. The lowest BCUT2D eigenvalue weighted by Gasteiger charge is -2.32. The minimum absolute atomic E-state index is 0.0718. The topological polar surface area (TPSA) is 103 Å². The normalized spacial score (nSPS) is 18.4. The van der Waals surface area contributed by atoms with E-state index in [1.807, 2.05) is 0 Å². The van der Waals surface area contributed by atoms with Crippen molar-refractivity contribution in [3.8, 4) is 5.75 Å². The first kappa shape index (κ1) is 18.3. The van der Waals surface area contributed by atoms with Gasteiger partial charge in [-0.05, 0) is 37.1 Å². The van der Waals surface area contributed by atoms with E-state index in [-0.39, 0.29) is 17.1 Å². The highest BCUT2D eigenvalue weighted by atomic mass is 32.2. The molecule has 0 saturated carbocycles. The van der Waals surface area contributed by atoms with Crippen LogP contribution in [0.4, 0.5) is 4.39 Å². The summed E-state index contributed by atoms with van der Waals surface area (Å²) in [5.41, 5.74) is 5.27. The zero-order valence-corrected chi connectivity index (χ0v) is 14.7. The van der Waals surface area contributed by atoms with Gasteiger partial charge in [0.25, 0.3) is 5.91 Å².